The second kappa shape index (κ2) is 5.92. The van der Waals surface area contributed by atoms with E-state index < -0.39 is 0 Å². The Hall–Kier alpha value is -1.22. The van der Waals surface area contributed by atoms with Gasteiger partial charge in [0.25, 0.3) is 0 Å². The molecule has 17 heavy (non-hydrogen) atoms. The number of rotatable bonds is 3. The zero-order chi connectivity index (χ0) is 12.1. The van der Waals surface area contributed by atoms with Gasteiger partial charge in [0, 0.05) is 25.7 Å². The summed E-state index contributed by atoms with van der Waals surface area (Å²) in [6, 6.07) is 8.94. The average molecular weight is 233 g/mol. The third-order valence-corrected chi connectivity index (χ3v) is 3.38. The summed E-state index contributed by atoms with van der Waals surface area (Å²) in [5.74, 6) is 0. The molecule has 2 rings (SSSR count). The van der Waals surface area contributed by atoms with Gasteiger partial charge in [-0.2, -0.15) is 0 Å². The molecule has 3 N–H and O–H groups in total. The van der Waals surface area contributed by atoms with Crippen LogP contribution in [0.3, 0.4) is 0 Å². The van der Waals surface area contributed by atoms with Gasteiger partial charge in [0.05, 0.1) is 11.4 Å². The predicted molar refractivity (Wildman–Crippen MR) is 74.6 cm³/mol. The highest BCUT2D eigenvalue weighted by atomic mass is 15.1. The Bertz CT molecular complexity index is 351. The van der Waals surface area contributed by atoms with Crippen LogP contribution in [0.5, 0.6) is 0 Å². The molecule has 1 heterocycles. The maximum Gasteiger partial charge on any atom is 0.0602 e. The topological polar surface area (TPSA) is 41.3 Å². The van der Waals surface area contributed by atoms with E-state index in [9.17, 15) is 0 Å². The average Bonchev–Trinajstić information content (AvgIpc) is 2.55. The Balaban J connectivity index is 2.14. The first-order chi connectivity index (χ1) is 8.31. The second-order valence-electron chi connectivity index (χ2n) is 4.73. The van der Waals surface area contributed by atoms with Crippen LogP contribution in [0, 0.1) is 0 Å². The molecule has 94 valence electrons. The minimum absolute atomic E-state index is 0.381. The third-order valence-electron chi connectivity index (χ3n) is 3.38. The number of nitrogens with zero attached hydrogens (tertiary/aromatic N) is 1. The highest BCUT2D eigenvalue weighted by molar-refractivity contribution is 5.70. The summed E-state index contributed by atoms with van der Waals surface area (Å²) >= 11 is 0. The van der Waals surface area contributed by atoms with E-state index in [1.165, 1.54) is 17.8 Å². The smallest absolute Gasteiger partial charge is 0.0602 e. The van der Waals surface area contributed by atoms with Crippen molar-refractivity contribution in [3.05, 3.63) is 24.3 Å². The summed E-state index contributed by atoms with van der Waals surface area (Å²) in [4.78, 5) is 2.46. The Kier molecular flexibility index (Phi) is 4.26. The molecule has 3 nitrogen and oxygen atoms in total. The van der Waals surface area contributed by atoms with Gasteiger partial charge in [-0.25, -0.2) is 0 Å². The molecular weight excluding hydrogens is 210 g/mol. The zero-order valence-corrected chi connectivity index (χ0v) is 10.7. The molecule has 1 aliphatic rings. The van der Waals surface area contributed by atoms with Gasteiger partial charge in [0.1, 0.15) is 0 Å². The maximum atomic E-state index is 6.03. The summed E-state index contributed by atoms with van der Waals surface area (Å²) < 4.78 is 0. The summed E-state index contributed by atoms with van der Waals surface area (Å²) in [6.07, 6.45) is 3.45. The standard InChI is InChI=1S/C14H23N3/c1-2-16-13-7-3-4-8-14(13)17-10-5-6-12(15)9-11-17/h3-4,7-8,12,16H,2,5-6,9-11,15H2,1H3. The first-order valence-electron chi connectivity index (χ1n) is 6.64. The van der Waals surface area contributed by atoms with Gasteiger partial charge in [-0.3, -0.25) is 0 Å². The quantitative estimate of drug-likeness (QED) is 0.842. The molecule has 0 aliphatic carbocycles. The van der Waals surface area contributed by atoms with E-state index in [0.717, 1.165) is 32.5 Å². The van der Waals surface area contributed by atoms with Crippen molar-refractivity contribution >= 4 is 11.4 Å². The number of hydrogen-bond acceptors (Lipinski definition) is 3. The van der Waals surface area contributed by atoms with Crippen LogP contribution in [0.1, 0.15) is 26.2 Å². The third kappa shape index (κ3) is 3.13. The number of benzene rings is 1. The molecule has 1 aromatic carbocycles. The van der Waals surface area contributed by atoms with Crippen LogP contribution in [-0.2, 0) is 0 Å². The summed E-state index contributed by atoms with van der Waals surface area (Å²) in [5.41, 5.74) is 8.59. The Morgan fingerprint density at radius 2 is 2.12 bits per heavy atom. The number of nitrogens with two attached hydrogens (primary N) is 1. The molecule has 0 spiro atoms. The molecule has 1 aliphatic heterocycles. The lowest BCUT2D eigenvalue weighted by Crippen LogP contribution is -2.27. The summed E-state index contributed by atoms with van der Waals surface area (Å²) in [5, 5.41) is 3.43. The van der Waals surface area contributed by atoms with Gasteiger partial charge < -0.3 is 16.0 Å². The van der Waals surface area contributed by atoms with Crippen molar-refractivity contribution in [2.24, 2.45) is 5.73 Å². The van der Waals surface area contributed by atoms with E-state index in [1.807, 2.05) is 0 Å². The number of anilines is 2. The van der Waals surface area contributed by atoms with E-state index in [4.69, 9.17) is 5.73 Å². The fraction of sp³-hybridized carbons (Fsp3) is 0.571. The van der Waals surface area contributed by atoms with Gasteiger partial charge in [-0.05, 0) is 38.3 Å². The zero-order valence-electron chi connectivity index (χ0n) is 10.7. The molecule has 0 amide bonds. The monoisotopic (exact) mass is 233 g/mol. The normalized spacial score (nSPS) is 21.1. The van der Waals surface area contributed by atoms with Crippen molar-refractivity contribution in [3.8, 4) is 0 Å². The highest BCUT2D eigenvalue weighted by Crippen LogP contribution is 2.27. The molecule has 1 aromatic rings. The van der Waals surface area contributed by atoms with Crippen molar-refractivity contribution < 1.29 is 0 Å². The number of para-hydroxylation sites is 2. The van der Waals surface area contributed by atoms with Crippen molar-refractivity contribution in [2.75, 3.05) is 29.9 Å². The van der Waals surface area contributed by atoms with Crippen LogP contribution < -0.4 is 16.0 Å². The molecule has 1 saturated heterocycles. The molecule has 1 unspecified atom stereocenters. The fourth-order valence-corrected chi connectivity index (χ4v) is 2.45. The van der Waals surface area contributed by atoms with Gasteiger partial charge >= 0.3 is 0 Å². The first kappa shape index (κ1) is 12.2. The summed E-state index contributed by atoms with van der Waals surface area (Å²) in [6.45, 7) is 5.29. The van der Waals surface area contributed by atoms with Crippen molar-refractivity contribution in [3.63, 3.8) is 0 Å². The van der Waals surface area contributed by atoms with Crippen LogP contribution in [0.2, 0.25) is 0 Å². The van der Waals surface area contributed by atoms with E-state index in [-0.39, 0.29) is 0 Å². The SMILES string of the molecule is CCNc1ccccc1N1CCCC(N)CC1. The first-order valence-corrected chi connectivity index (χ1v) is 6.64. The van der Waals surface area contributed by atoms with E-state index in [1.54, 1.807) is 0 Å². The minimum Gasteiger partial charge on any atom is -0.384 e. The van der Waals surface area contributed by atoms with Gasteiger partial charge in [-0.1, -0.05) is 12.1 Å². The van der Waals surface area contributed by atoms with Crippen LogP contribution in [-0.4, -0.2) is 25.7 Å². The molecule has 0 radical (unpaired) electrons. The summed E-state index contributed by atoms with van der Waals surface area (Å²) in [7, 11) is 0. The van der Waals surface area contributed by atoms with Crippen LogP contribution in [0.25, 0.3) is 0 Å². The van der Waals surface area contributed by atoms with Crippen LogP contribution in [0.4, 0.5) is 11.4 Å². The lowest BCUT2D eigenvalue weighted by atomic mass is 10.1. The lowest BCUT2D eigenvalue weighted by molar-refractivity contribution is 0.601. The van der Waals surface area contributed by atoms with Crippen LogP contribution in [0.15, 0.2) is 24.3 Å². The van der Waals surface area contributed by atoms with Gasteiger partial charge in [0.15, 0.2) is 0 Å². The van der Waals surface area contributed by atoms with Crippen molar-refractivity contribution in [1.82, 2.24) is 0 Å². The van der Waals surface area contributed by atoms with Crippen LogP contribution >= 0.6 is 0 Å². The fourth-order valence-electron chi connectivity index (χ4n) is 2.45. The molecule has 1 atom stereocenters. The molecular formula is C14H23N3. The lowest BCUT2D eigenvalue weighted by Gasteiger charge is -2.25. The molecule has 0 saturated carbocycles. The maximum absolute atomic E-state index is 6.03. The Labute approximate surface area is 104 Å². The molecule has 0 aromatic heterocycles. The minimum atomic E-state index is 0.381. The van der Waals surface area contributed by atoms with E-state index in [0.29, 0.717) is 6.04 Å². The number of hydrogen-bond donors (Lipinski definition) is 2. The largest absolute Gasteiger partial charge is 0.384 e. The number of nitrogens with one attached hydrogen (secondary N) is 1. The van der Waals surface area contributed by atoms with Crippen molar-refractivity contribution in [1.29, 1.82) is 0 Å². The predicted octanol–water partition coefficient (Wildman–Crippen LogP) is 2.44. The molecule has 0 bridgehead atoms. The van der Waals surface area contributed by atoms with Crippen molar-refractivity contribution in [2.45, 2.75) is 32.2 Å². The van der Waals surface area contributed by atoms with Gasteiger partial charge in [0.2, 0.25) is 0 Å². The van der Waals surface area contributed by atoms with E-state index in [2.05, 4.69) is 41.4 Å². The van der Waals surface area contributed by atoms with E-state index >= 15 is 0 Å². The Morgan fingerprint density at radius 1 is 1.29 bits per heavy atom. The van der Waals surface area contributed by atoms with Gasteiger partial charge in [-0.15, -0.1) is 0 Å². The molecule has 3 heteroatoms. The Morgan fingerprint density at radius 3 is 2.94 bits per heavy atom. The molecule has 1 fully saturated rings. The second-order valence-corrected chi connectivity index (χ2v) is 4.73. The highest BCUT2D eigenvalue weighted by Gasteiger charge is 2.16.